The van der Waals surface area contributed by atoms with Gasteiger partial charge in [0, 0.05) is 5.56 Å². The van der Waals surface area contributed by atoms with Crippen molar-refractivity contribution in [1.29, 1.82) is 0 Å². The molecule has 28 heavy (non-hydrogen) atoms. The Hall–Kier alpha value is -3.66. The summed E-state index contributed by atoms with van der Waals surface area (Å²) in [6, 6.07) is 23.2. The van der Waals surface area contributed by atoms with Crippen LogP contribution in [0.1, 0.15) is 22.8 Å². The maximum Gasteiger partial charge on any atom is 0.344 e. The summed E-state index contributed by atoms with van der Waals surface area (Å²) < 4.78 is 10.5. The molecule has 0 unspecified atom stereocenters. The summed E-state index contributed by atoms with van der Waals surface area (Å²) >= 11 is 0. The molecule has 0 amide bonds. The number of hydrogen-bond acceptors (Lipinski definition) is 4. The SMILES string of the molecule is CCOC(=O)/C=C1\OC(=O)c2c(-c3ccccc3)ccc(-c3ccccc3)c21. The summed E-state index contributed by atoms with van der Waals surface area (Å²) in [6.07, 6.45) is 1.24. The normalized spacial score (nSPS) is 13.9. The first-order valence-corrected chi connectivity index (χ1v) is 9.08. The maximum absolute atomic E-state index is 12.8. The van der Waals surface area contributed by atoms with Crippen molar-refractivity contribution in [2.45, 2.75) is 6.92 Å². The van der Waals surface area contributed by atoms with Gasteiger partial charge in [0.05, 0.1) is 18.2 Å². The lowest BCUT2D eigenvalue weighted by Crippen LogP contribution is -2.01. The molecule has 3 aromatic carbocycles. The van der Waals surface area contributed by atoms with E-state index in [0.29, 0.717) is 11.1 Å². The molecule has 0 saturated heterocycles. The van der Waals surface area contributed by atoms with Gasteiger partial charge >= 0.3 is 11.9 Å². The van der Waals surface area contributed by atoms with Gasteiger partial charge in [-0.15, -0.1) is 0 Å². The van der Waals surface area contributed by atoms with Crippen molar-refractivity contribution in [1.82, 2.24) is 0 Å². The van der Waals surface area contributed by atoms with Crippen LogP contribution < -0.4 is 0 Å². The summed E-state index contributed by atoms with van der Waals surface area (Å²) in [6.45, 7) is 1.98. The van der Waals surface area contributed by atoms with E-state index in [0.717, 1.165) is 22.3 Å². The minimum atomic E-state index is -0.540. The van der Waals surface area contributed by atoms with Crippen LogP contribution in [-0.4, -0.2) is 18.5 Å². The molecule has 1 aliphatic rings. The predicted octanol–water partition coefficient (Wildman–Crippen LogP) is 5.10. The number of benzene rings is 3. The molecule has 0 radical (unpaired) electrons. The van der Waals surface area contributed by atoms with Crippen molar-refractivity contribution in [3.8, 4) is 22.3 Å². The van der Waals surface area contributed by atoms with Gasteiger partial charge in [-0.25, -0.2) is 9.59 Å². The lowest BCUT2D eigenvalue weighted by atomic mass is 9.89. The Labute approximate surface area is 163 Å². The predicted molar refractivity (Wildman–Crippen MR) is 107 cm³/mol. The van der Waals surface area contributed by atoms with Crippen LogP contribution in [0, 0.1) is 0 Å². The molecule has 0 atom stereocenters. The standard InChI is InChI=1S/C24H18O4/c1-2-27-21(25)15-20-22-18(16-9-5-3-6-10-16)13-14-19(23(22)24(26)28-20)17-11-7-4-8-12-17/h3-15H,2H2,1H3/b20-15-. The van der Waals surface area contributed by atoms with E-state index in [1.807, 2.05) is 72.8 Å². The van der Waals surface area contributed by atoms with Gasteiger partial charge < -0.3 is 9.47 Å². The highest BCUT2D eigenvalue weighted by atomic mass is 16.6. The van der Waals surface area contributed by atoms with E-state index in [2.05, 4.69) is 0 Å². The highest BCUT2D eigenvalue weighted by Gasteiger charge is 2.33. The number of hydrogen-bond donors (Lipinski definition) is 0. The molecule has 4 heteroatoms. The van der Waals surface area contributed by atoms with E-state index in [9.17, 15) is 9.59 Å². The van der Waals surface area contributed by atoms with Crippen LogP contribution in [0.4, 0.5) is 0 Å². The van der Waals surface area contributed by atoms with Gasteiger partial charge in [-0.3, -0.25) is 0 Å². The number of carbonyl (C=O) groups is 2. The quantitative estimate of drug-likeness (QED) is 0.474. The Morgan fingerprint density at radius 2 is 1.39 bits per heavy atom. The molecule has 3 aromatic rings. The van der Waals surface area contributed by atoms with Crippen molar-refractivity contribution >= 4 is 17.7 Å². The molecule has 138 valence electrons. The summed E-state index contributed by atoms with van der Waals surface area (Å²) in [5.41, 5.74) is 4.53. The zero-order chi connectivity index (χ0) is 19.5. The van der Waals surface area contributed by atoms with Crippen LogP contribution in [0.2, 0.25) is 0 Å². The largest absolute Gasteiger partial charge is 0.463 e. The maximum atomic E-state index is 12.8. The van der Waals surface area contributed by atoms with Gasteiger partial charge in [0.2, 0.25) is 0 Å². The first kappa shape index (κ1) is 17.7. The van der Waals surface area contributed by atoms with Crippen LogP contribution in [0.5, 0.6) is 0 Å². The first-order chi connectivity index (χ1) is 13.7. The number of fused-ring (bicyclic) bond motifs is 1. The van der Waals surface area contributed by atoms with Crippen molar-refractivity contribution < 1.29 is 19.1 Å². The first-order valence-electron chi connectivity index (χ1n) is 9.08. The monoisotopic (exact) mass is 370 g/mol. The third-order valence-electron chi connectivity index (χ3n) is 4.56. The van der Waals surface area contributed by atoms with Crippen molar-refractivity contribution in [2.24, 2.45) is 0 Å². The van der Waals surface area contributed by atoms with Gasteiger partial charge in [0.25, 0.3) is 0 Å². The summed E-state index contributed by atoms with van der Waals surface area (Å²) in [5.74, 6) is -0.792. The van der Waals surface area contributed by atoms with Gasteiger partial charge in [-0.2, -0.15) is 0 Å². The van der Waals surface area contributed by atoms with E-state index in [1.54, 1.807) is 6.92 Å². The zero-order valence-electron chi connectivity index (χ0n) is 15.3. The molecule has 0 aliphatic carbocycles. The molecule has 0 fully saturated rings. The van der Waals surface area contributed by atoms with E-state index in [4.69, 9.17) is 9.47 Å². The fraction of sp³-hybridized carbons (Fsp3) is 0.0833. The molecule has 0 saturated carbocycles. The number of carbonyl (C=O) groups excluding carboxylic acids is 2. The second-order valence-electron chi connectivity index (χ2n) is 6.29. The summed E-state index contributed by atoms with van der Waals surface area (Å²) in [7, 11) is 0. The lowest BCUT2D eigenvalue weighted by Gasteiger charge is -2.11. The zero-order valence-corrected chi connectivity index (χ0v) is 15.3. The average molecular weight is 370 g/mol. The van der Waals surface area contributed by atoms with Crippen LogP contribution in [-0.2, 0) is 14.3 Å². The minimum Gasteiger partial charge on any atom is -0.463 e. The topological polar surface area (TPSA) is 52.6 Å². The Bertz CT molecular complexity index is 1070. The van der Waals surface area contributed by atoms with E-state index in [-0.39, 0.29) is 12.4 Å². The number of esters is 2. The third-order valence-corrected chi connectivity index (χ3v) is 4.56. The number of ether oxygens (including phenoxy) is 2. The molecule has 1 aliphatic heterocycles. The molecule has 4 rings (SSSR count). The molecule has 0 bridgehead atoms. The Morgan fingerprint density at radius 1 is 0.857 bits per heavy atom. The van der Waals surface area contributed by atoms with Crippen LogP contribution >= 0.6 is 0 Å². The van der Waals surface area contributed by atoms with Crippen LogP contribution in [0.3, 0.4) is 0 Å². The van der Waals surface area contributed by atoms with E-state index >= 15 is 0 Å². The lowest BCUT2D eigenvalue weighted by molar-refractivity contribution is -0.137. The summed E-state index contributed by atoms with van der Waals surface area (Å²) in [5, 5.41) is 0. The fourth-order valence-corrected chi connectivity index (χ4v) is 3.38. The molecular weight excluding hydrogens is 352 g/mol. The minimum absolute atomic E-state index is 0.218. The van der Waals surface area contributed by atoms with Gasteiger partial charge in [-0.1, -0.05) is 72.8 Å². The Balaban J connectivity index is 1.97. The smallest absolute Gasteiger partial charge is 0.344 e. The number of rotatable bonds is 4. The number of cyclic esters (lactones) is 1. The van der Waals surface area contributed by atoms with Crippen LogP contribution in [0.15, 0.2) is 78.9 Å². The van der Waals surface area contributed by atoms with Gasteiger partial charge in [0.1, 0.15) is 5.76 Å². The molecule has 0 aromatic heterocycles. The second-order valence-corrected chi connectivity index (χ2v) is 6.29. The van der Waals surface area contributed by atoms with Gasteiger partial charge in [-0.05, 0) is 29.2 Å². The average Bonchev–Trinajstić information content (AvgIpc) is 3.05. The van der Waals surface area contributed by atoms with Crippen molar-refractivity contribution in [3.05, 3.63) is 90.0 Å². The van der Waals surface area contributed by atoms with Gasteiger partial charge in [0.15, 0.2) is 0 Å². The van der Waals surface area contributed by atoms with Crippen LogP contribution in [0.25, 0.3) is 28.0 Å². The Kier molecular flexibility index (Phi) is 4.77. The molecule has 0 N–H and O–H groups in total. The van der Waals surface area contributed by atoms with E-state index < -0.39 is 11.9 Å². The van der Waals surface area contributed by atoms with Crippen molar-refractivity contribution in [2.75, 3.05) is 6.61 Å². The fourth-order valence-electron chi connectivity index (χ4n) is 3.38. The molecule has 4 nitrogen and oxygen atoms in total. The molecule has 0 spiro atoms. The highest BCUT2D eigenvalue weighted by Crippen LogP contribution is 2.42. The summed E-state index contributed by atoms with van der Waals surface area (Å²) in [4.78, 5) is 24.8. The van der Waals surface area contributed by atoms with Crippen molar-refractivity contribution in [3.63, 3.8) is 0 Å². The highest BCUT2D eigenvalue weighted by molar-refractivity contribution is 6.13. The second kappa shape index (κ2) is 7.53. The molecule has 1 heterocycles. The Morgan fingerprint density at radius 3 is 1.93 bits per heavy atom. The third kappa shape index (κ3) is 3.21. The van der Waals surface area contributed by atoms with E-state index in [1.165, 1.54) is 6.08 Å². The molecular formula is C24H18O4.